The summed E-state index contributed by atoms with van der Waals surface area (Å²) in [4.78, 5) is 16.8. The van der Waals surface area contributed by atoms with Crippen LogP contribution in [0.4, 0.5) is 13.2 Å². The molecular formula is C15H17F3N2O. The highest BCUT2D eigenvalue weighted by atomic mass is 19.4. The van der Waals surface area contributed by atoms with Gasteiger partial charge in [0.05, 0.1) is 11.6 Å². The first-order valence-electron chi connectivity index (χ1n) is 7.09. The standard InChI is InChI=1S/C15H17F3N2O/c16-15(17,18)12-3-1-11(2-4-12)9-14(21)13-10-19-5-7-20(13)8-6-19/h1-4,13H,5-10H2. The van der Waals surface area contributed by atoms with E-state index in [0.717, 1.165) is 44.9 Å². The fraction of sp³-hybridized carbons (Fsp3) is 0.533. The number of Topliss-reactive ketones (excluding diaryl/α,β-unsaturated/α-hetero) is 1. The monoisotopic (exact) mass is 298 g/mol. The highest BCUT2D eigenvalue weighted by Gasteiger charge is 2.36. The number of ketones is 1. The van der Waals surface area contributed by atoms with E-state index in [9.17, 15) is 18.0 Å². The van der Waals surface area contributed by atoms with Crippen molar-refractivity contribution in [2.24, 2.45) is 0 Å². The lowest BCUT2D eigenvalue weighted by molar-refractivity contribution is -0.137. The Balaban J connectivity index is 1.65. The van der Waals surface area contributed by atoms with Gasteiger partial charge >= 0.3 is 6.18 Å². The largest absolute Gasteiger partial charge is 0.416 e. The lowest BCUT2D eigenvalue weighted by Crippen LogP contribution is -2.63. The van der Waals surface area contributed by atoms with Gasteiger partial charge in [0.2, 0.25) is 0 Å². The lowest BCUT2D eigenvalue weighted by Gasteiger charge is -2.46. The summed E-state index contributed by atoms with van der Waals surface area (Å²) in [7, 11) is 0. The molecule has 1 unspecified atom stereocenters. The van der Waals surface area contributed by atoms with Gasteiger partial charge in [-0.15, -0.1) is 0 Å². The van der Waals surface area contributed by atoms with Crippen LogP contribution in [-0.2, 0) is 17.4 Å². The van der Waals surface area contributed by atoms with E-state index >= 15 is 0 Å². The molecular weight excluding hydrogens is 281 g/mol. The Morgan fingerprint density at radius 1 is 1.10 bits per heavy atom. The van der Waals surface area contributed by atoms with Gasteiger partial charge in [-0.05, 0) is 17.7 Å². The van der Waals surface area contributed by atoms with Crippen molar-refractivity contribution in [2.45, 2.75) is 18.6 Å². The van der Waals surface area contributed by atoms with Gasteiger partial charge in [0.15, 0.2) is 5.78 Å². The van der Waals surface area contributed by atoms with Crippen LogP contribution in [0.1, 0.15) is 11.1 Å². The van der Waals surface area contributed by atoms with Crippen molar-refractivity contribution in [3.63, 3.8) is 0 Å². The minimum absolute atomic E-state index is 0.0964. The number of carbonyl (C=O) groups excluding carboxylic acids is 1. The number of alkyl halides is 3. The highest BCUT2D eigenvalue weighted by molar-refractivity contribution is 5.86. The summed E-state index contributed by atoms with van der Waals surface area (Å²) in [5.41, 5.74) is -0.0315. The number of carbonyl (C=O) groups is 1. The second kappa shape index (κ2) is 5.42. The predicted octanol–water partition coefficient (Wildman–Crippen LogP) is 1.82. The molecule has 0 amide bonds. The molecule has 4 rings (SSSR count). The molecule has 0 aromatic heterocycles. The molecule has 3 nitrogen and oxygen atoms in total. The molecule has 0 spiro atoms. The van der Waals surface area contributed by atoms with Crippen LogP contribution in [0.2, 0.25) is 0 Å². The summed E-state index contributed by atoms with van der Waals surface area (Å²) in [6.07, 6.45) is -4.13. The van der Waals surface area contributed by atoms with Crippen LogP contribution in [-0.4, -0.2) is 54.3 Å². The molecule has 6 heteroatoms. The van der Waals surface area contributed by atoms with Crippen LogP contribution >= 0.6 is 0 Å². The topological polar surface area (TPSA) is 23.6 Å². The van der Waals surface area contributed by atoms with Gasteiger partial charge in [0, 0.05) is 39.1 Å². The molecule has 3 fully saturated rings. The van der Waals surface area contributed by atoms with E-state index in [0.29, 0.717) is 5.56 Å². The molecule has 2 bridgehead atoms. The van der Waals surface area contributed by atoms with Crippen LogP contribution in [0.15, 0.2) is 24.3 Å². The number of hydrogen-bond acceptors (Lipinski definition) is 3. The molecule has 1 aromatic rings. The van der Waals surface area contributed by atoms with Crippen LogP contribution in [0, 0.1) is 0 Å². The van der Waals surface area contributed by atoms with E-state index < -0.39 is 11.7 Å². The third-order valence-electron chi connectivity index (χ3n) is 4.31. The second-order valence-electron chi connectivity index (χ2n) is 5.69. The van der Waals surface area contributed by atoms with Crippen molar-refractivity contribution < 1.29 is 18.0 Å². The summed E-state index contributed by atoms with van der Waals surface area (Å²) >= 11 is 0. The normalized spacial score (nSPS) is 28.6. The fourth-order valence-corrected chi connectivity index (χ4v) is 3.05. The molecule has 1 atom stereocenters. The Bertz CT molecular complexity index is 519. The zero-order valence-corrected chi connectivity index (χ0v) is 11.6. The Kier molecular flexibility index (Phi) is 3.75. The molecule has 1 aromatic carbocycles. The molecule has 3 heterocycles. The van der Waals surface area contributed by atoms with Crippen molar-refractivity contribution in [3.05, 3.63) is 35.4 Å². The van der Waals surface area contributed by atoms with Crippen LogP contribution < -0.4 is 0 Å². The first-order chi connectivity index (χ1) is 9.93. The summed E-state index contributed by atoms with van der Waals surface area (Å²) in [5.74, 6) is 0.0964. The predicted molar refractivity (Wildman–Crippen MR) is 72.0 cm³/mol. The first kappa shape index (κ1) is 14.5. The van der Waals surface area contributed by atoms with E-state index in [1.54, 1.807) is 0 Å². The smallest absolute Gasteiger partial charge is 0.299 e. The third-order valence-corrected chi connectivity index (χ3v) is 4.31. The highest BCUT2D eigenvalue weighted by Crippen LogP contribution is 2.29. The Morgan fingerprint density at radius 2 is 1.71 bits per heavy atom. The summed E-state index contributed by atoms with van der Waals surface area (Å²) in [6.45, 7) is 4.57. The molecule has 114 valence electrons. The molecule has 21 heavy (non-hydrogen) atoms. The molecule has 3 saturated heterocycles. The molecule has 0 radical (unpaired) electrons. The number of benzene rings is 1. The van der Waals surface area contributed by atoms with Gasteiger partial charge < -0.3 is 0 Å². The zero-order chi connectivity index (χ0) is 15.0. The van der Waals surface area contributed by atoms with E-state index in [2.05, 4.69) is 9.80 Å². The van der Waals surface area contributed by atoms with Gasteiger partial charge in [-0.3, -0.25) is 14.6 Å². The minimum Gasteiger partial charge on any atom is -0.299 e. The number of halogens is 3. The van der Waals surface area contributed by atoms with Gasteiger partial charge in [-0.25, -0.2) is 0 Å². The third kappa shape index (κ3) is 3.11. The quantitative estimate of drug-likeness (QED) is 0.850. The van der Waals surface area contributed by atoms with E-state index in [1.807, 2.05) is 0 Å². The lowest BCUT2D eigenvalue weighted by atomic mass is 9.98. The number of piperazine rings is 3. The molecule has 3 aliphatic heterocycles. The Hall–Kier alpha value is -1.40. The average molecular weight is 298 g/mol. The van der Waals surface area contributed by atoms with Gasteiger partial charge in [-0.1, -0.05) is 12.1 Å². The van der Waals surface area contributed by atoms with Gasteiger partial charge in [0.1, 0.15) is 0 Å². The molecule has 0 saturated carbocycles. The van der Waals surface area contributed by atoms with E-state index in [1.165, 1.54) is 12.1 Å². The fourth-order valence-electron chi connectivity index (χ4n) is 3.05. The molecule has 0 aliphatic carbocycles. The number of nitrogens with zero attached hydrogens (tertiary/aromatic N) is 2. The summed E-state index contributed by atoms with van der Waals surface area (Å²) < 4.78 is 37.5. The first-order valence-corrected chi connectivity index (χ1v) is 7.09. The van der Waals surface area contributed by atoms with Crippen molar-refractivity contribution in [3.8, 4) is 0 Å². The maximum Gasteiger partial charge on any atom is 0.416 e. The summed E-state index contributed by atoms with van der Waals surface area (Å²) in [6, 6.07) is 4.78. The Morgan fingerprint density at radius 3 is 2.19 bits per heavy atom. The number of rotatable bonds is 3. The van der Waals surface area contributed by atoms with Gasteiger partial charge in [0.25, 0.3) is 0 Å². The minimum atomic E-state index is -4.33. The zero-order valence-electron chi connectivity index (χ0n) is 11.6. The van der Waals surface area contributed by atoms with Crippen molar-refractivity contribution in [1.29, 1.82) is 0 Å². The van der Waals surface area contributed by atoms with Crippen molar-refractivity contribution >= 4 is 5.78 Å². The average Bonchev–Trinajstić information content (AvgIpc) is 2.48. The molecule has 3 aliphatic rings. The van der Waals surface area contributed by atoms with E-state index in [-0.39, 0.29) is 18.2 Å². The maximum atomic E-state index is 12.5. The van der Waals surface area contributed by atoms with Crippen molar-refractivity contribution in [2.75, 3.05) is 32.7 Å². The van der Waals surface area contributed by atoms with Crippen LogP contribution in [0.5, 0.6) is 0 Å². The number of hydrogen-bond donors (Lipinski definition) is 0. The molecule has 0 N–H and O–H groups in total. The van der Waals surface area contributed by atoms with Crippen molar-refractivity contribution in [1.82, 2.24) is 9.80 Å². The number of fused-ring (bicyclic) bond motifs is 3. The van der Waals surface area contributed by atoms with Gasteiger partial charge in [-0.2, -0.15) is 13.2 Å². The second-order valence-corrected chi connectivity index (χ2v) is 5.69. The van der Waals surface area contributed by atoms with Crippen LogP contribution in [0.3, 0.4) is 0 Å². The summed E-state index contributed by atoms with van der Waals surface area (Å²) in [5, 5.41) is 0. The van der Waals surface area contributed by atoms with Crippen LogP contribution in [0.25, 0.3) is 0 Å². The maximum absolute atomic E-state index is 12.5. The van der Waals surface area contributed by atoms with E-state index in [4.69, 9.17) is 0 Å². The SMILES string of the molecule is O=C(Cc1ccc(C(F)(F)F)cc1)C1CN2CCN1CC2. The Labute approximate surface area is 121 Å².